The van der Waals surface area contributed by atoms with Crippen LogP contribution in [0.15, 0.2) is 64.8 Å². The van der Waals surface area contributed by atoms with E-state index in [1.165, 1.54) is 6.92 Å². The number of phenols is 1. The predicted molar refractivity (Wildman–Crippen MR) is 207 cm³/mol. The van der Waals surface area contributed by atoms with E-state index < -0.39 is 43.2 Å². The van der Waals surface area contributed by atoms with Crippen LogP contribution >= 0.6 is 0 Å². The van der Waals surface area contributed by atoms with Gasteiger partial charge in [0, 0.05) is 31.0 Å². The largest absolute Gasteiger partial charge is 0.506 e. The summed E-state index contributed by atoms with van der Waals surface area (Å²) in [6.07, 6.45) is -4.08. The third-order valence-electron chi connectivity index (χ3n) is 8.85. The maximum atomic E-state index is 12.8. The average Bonchev–Trinajstić information content (AvgIpc) is 3.16. The summed E-state index contributed by atoms with van der Waals surface area (Å²) in [4.78, 5) is 36.9. The number of amides is 2. The number of nitrogens with one attached hydrogen (secondary N) is 3. The summed E-state index contributed by atoms with van der Waals surface area (Å²) in [7, 11) is 0. The van der Waals surface area contributed by atoms with Crippen molar-refractivity contribution in [3.8, 4) is 5.75 Å². The number of azo groups is 1. The molecule has 16 heteroatoms. The lowest BCUT2D eigenvalue weighted by Gasteiger charge is -2.42. The van der Waals surface area contributed by atoms with Gasteiger partial charge in [-0.25, -0.2) is 0 Å². The van der Waals surface area contributed by atoms with Crippen LogP contribution in [-0.2, 0) is 35.0 Å². The number of hydrogen-bond acceptors (Lipinski definition) is 14. The zero-order chi connectivity index (χ0) is 40.8. The van der Waals surface area contributed by atoms with Crippen molar-refractivity contribution in [3.63, 3.8) is 0 Å². The summed E-state index contributed by atoms with van der Waals surface area (Å²) >= 11 is 0. The minimum atomic E-state index is -1.39. The highest BCUT2D eigenvalue weighted by Crippen LogP contribution is 2.31. The topological polar surface area (TPSA) is 230 Å². The molecule has 3 aromatic rings. The highest BCUT2D eigenvalue weighted by atomic mass is 16.7. The van der Waals surface area contributed by atoms with Crippen LogP contribution in [0.2, 0.25) is 0 Å². The van der Waals surface area contributed by atoms with E-state index in [2.05, 4.69) is 26.2 Å². The normalized spacial score (nSPS) is 20.6. The third kappa shape index (κ3) is 13.4. The van der Waals surface area contributed by atoms with E-state index in [0.29, 0.717) is 29.8 Å². The summed E-state index contributed by atoms with van der Waals surface area (Å²) in [6, 6.07) is 14.4. The van der Waals surface area contributed by atoms with Crippen LogP contribution in [-0.4, -0.2) is 126 Å². The summed E-state index contributed by atoms with van der Waals surface area (Å²) in [5.74, 6) is -0.612. The molecule has 1 saturated heterocycles. The monoisotopic (exact) mass is 781 g/mol. The number of aliphatic hydroxyl groups excluding tert-OH is 3. The first-order valence-electron chi connectivity index (χ1n) is 18.7. The second-order valence-electron chi connectivity index (χ2n) is 14.5. The summed E-state index contributed by atoms with van der Waals surface area (Å²) in [5, 5.41) is 59.3. The van der Waals surface area contributed by atoms with Crippen molar-refractivity contribution >= 4 is 39.7 Å². The second kappa shape index (κ2) is 21.2. The van der Waals surface area contributed by atoms with Crippen LogP contribution in [0.25, 0.3) is 10.8 Å². The van der Waals surface area contributed by atoms with Crippen LogP contribution in [0.5, 0.6) is 5.75 Å². The Kier molecular flexibility index (Phi) is 16.8. The lowest BCUT2D eigenvalue weighted by atomic mass is 9.97. The number of hydrogen-bond donors (Lipinski definition) is 7. The number of rotatable bonds is 20. The summed E-state index contributed by atoms with van der Waals surface area (Å²) < 4.78 is 22.1. The van der Waals surface area contributed by atoms with Crippen LogP contribution in [0.1, 0.15) is 57.0 Å². The number of phenolic OH excluding ortho intramolecular Hbond substituents is 1. The predicted octanol–water partition coefficient (Wildman–Crippen LogP) is 2.96. The van der Waals surface area contributed by atoms with Gasteiger partial charge in [0.15, 0.2) is 6.29 Å². The Labute approximate surface area is 326 Å². The van der Waals surface area contributed by atoms with Gasteiger partial charge in [-0.2, -0.15) is 5.11 Å². The number of benzene rings is 3. The van der Waals surface area contributed by atoms with Gasteiger partial charge < -0.3 is 55.3 Å². The molecule has 1 aliphatic rings. The van der Waals surface area contributed by atoms with Crippen molar-refractivity contribution < 1.29 is 53.8 Å². The van der Waals surface area contributed by atoms with Crippen molar-refractivity contribution in [2.24, 2.45) is 10.2 Å². The average molecular weight is 782 g/mol. The maximum Gasteiger partial charge on any atom is 0.251 e. The van der Waals surface area contributed by atoms with Crippen LogP contribution < -0.4 is 16.0 Å². The van der Waals surface area contributed by atoms with Gasteiger partial charge in [-0.15, -0.1) is 5.11 Å². The Balaban J connectivity index is 1.18. The van der Waals surface area contributed by atoms with E-state index in [4.69, 9.17) is 18.9 Å². The molecule has 2 amide bonds. The number of nitrogens with zero attached hydrogens (tertiary/aromatic N) is 2. The molecule has 1 heterocycles. The van der Waals surface area contributed by atoms with Gasteiger partial charge in [0.05, 0.1) is 51.4 Å². The smallest absolute Gasteiger partial charge is 0.251 e. The molecule has 0 aliphatic carbocycles. The molecular weight excluding hydrogens is 726 g/mol. The first-order valence-corrected chi connectivity index (χ1v) is 18.7. The van der Waals surface area contributed by atoms with Gasteiger partial charge in [0.1, 0.15) is 41.6 Å². The molecule has 1 aliphatic heterocycles. The van der Waals surface area contributed by atoms with Crippen molar-refractivity contribution in [2.45, 2.75) is 89.7 Å². The van der Waals surface area contributed by atoms with Crippen molar-refractivity contribution in [1.82, 2.24) is 16.0 Å². The standard InChI is InChI=1S/C40H55N5O11/c1-6-32(48)30(43-40(3,4)5)19-25-7-12-33(49)31(20-25)45-44-29-11-10-26-21-28(9-8-27(26)22-29)38(52)41-13-14-53-15-16-54-17-18-55-39-35(42-24(2)47)37(51)36(50)34(23-46)56-39/h7-12,20-22,30,34-37,39,43,46,49-51H,6,13-19,23H2,1-5H3,(H,41,52)(H,42,47)/b45-44+/t30?,34?,35?,36-,37?,39+/m0/s1. The molecule has 4 unspecified atom stereocenters. The zero-order valence-electron chi connectivity index (χ0n) is 32.6. The molecule has 306 valence electrons. The lowest BCUT2D eigenvalue weighted by Crippen LogP contribution is -2.64. The molecule has 0 saturated carbocycles. The molecule has 7 N–H and O–H groups in total. The van der Waals surface area contributed by atoms with E-state index in [-0.39, 0.29) is 68.6 Å². The Morgan fingerprint density at radius 1 is 0.893 bits per heavy atom. The molecule has 4 rings (SSSR count). The quantitative estimate of drug-likeness (QED) is 0.0649. The fraction of sp³-hybridized carbons (Fsp3) is 0.525. The summed E-state index contributed by atoms with van der Waals surface area (Å²) in [6.45, 7) is 9.85. The minimum absolute atomic E-state index is 0.0227. The minimum Gasteiger partial charge on any atom is -0.506 e. The third-order valence-corrected chi connectivity index (χ3v) is 8.85. The molecule has 0 aromatic heterocycles. The fourth-order valence-electron chi connectivity index (χ4n) is 6.07. The number of carbonyl (C=O) groups excluding carboxylic acids is 3. The Morgan fingerprint density at radius 3 is 2.29 bits per heavy atom. The van der Waals surface area contributed by atoms with E-state index in [1.807, 2.05) is 45.9 Å². The number of Topliss-reactive ketones (excluding diaryl/α,β-unsaturated/α-hetero) is 1. The lowest BCUT2D eigenvalue weighted by molar-refractivity contribution is -0.272. The van der Waals surface area contributed by atoms with E-state index >= 15 is 0 Å². The van der Waals surface area contributed by atoms with Gasteiger partial charge in [0.2, 0.25) is 5.91 Å². The molecule has 6 atom stereocenters. The molecule has 0 bridgehead atoms. The van der Waals surface area contributed by atoms with E-state index in [0.717, 1.165) is 16.3 Å². The molecular formula is C40H55N5O11. The molecule has 16 nitrogen and oxygen atoms in total. The number of ether oxygens (including phenoxy) is 4. The Bertz CT molecular complexity index is 1800. The van der Waals surface area contributed by atoms with E-state index in [1.54, 1.807) is 36.4 Å². The van der Waals surface area contributed by atoms with Crippen molar-refractivity contribution in [3.05, 3.63) is 65.7 Å². The second-order valence-corrected chi connectivity index (χ2v) is 14.5. The number of fused-ring (bicyclic) bond motifs is 1. The summed E-state index contributed by atoms with van der Waals surface area (Å²) in [5.41, 5.74) is 1.94. The highest BCUT2D eigenvalue weighted by Gasteiger charge is 2.45. The zero-order valence-corrected chi connectivity index (χ0v) is 32.6. The van der Waals surface area contributed by atoms with E-state index in [9.17, 15) is 34.8 Å². The molecule has 1 fully saturated rings. The number of carbonyl (C=O) groups is 3. The number of ketones is 1. The first-order chi connectivity index (χ1) is 26.7. The van der Waals surface area contributed by atoms with Crippen LogP contribution in [0, 0.1) is 0 Å². The van der Waals surface area contributed by atoms with Gasteiger partial charge in [-0.1, -0.05) is 25.1 Å². The first kappa shape index (κ1) is 44.3. The Hall–Kier alpha value is -4.39. The molecule has 0 radical (unpaired) electrons. The Morgan fingerprint density at radius 2 is 1.59 bits per heavy atom. The van der Waals surface area contributed by atoms with Crippen molar-refractivity contribution in [2.75, 3.05) is 46.2 Å². The molecule has 0 spiro atoms. The molecule has 56 heavy (non-hydrogen) atoms. The van der Waals surface area contributed by atoms with Gasteiger partial charge in [-0.3, -0.25) is 14.4 Å². The van der Waals surface area contributed by atoms with Crippen LogP contribution in [0.4, 0.5) is 11.4 Å². The van der Waals surface area contributed by atoms with Gasteiger partial charge in [-0.05, 0) is 79.9 Å². The van der Waals surface area contributed by atoms with Crippen LogP contribution in [0.3, 0.4) is 0 Å². The highest BCUT2D eigenvalue weighted by molar-refractivity contribution is 5.99. The fourth-order valence-corrected chi connectivity index (χ4v) is 6.07. The number of aromatic hydroxyl groups is 1. The van der Waals surface area contributed by atoms with Crippen molar-refractivity contribution in [1.29, 1.82) is 0 Å². The SMILES string of the molecule is CCC(=O)C(Cc1ccc(O)c(/N=N/c2ccc3cc(C(=O)NCCOCCOCCO[C@@H]4OC(CO)[C@H](O)C(O)C4NC(C)=O)ccc3c2)c1)NC(C)(C)C. The molecule has 3 aromatic carbocycles. The van der Waals surface area contributed by atoms with Gasteiger partial charge in [0.25, 0.3) is 5.91 Å². The van der Waals surface area contributed by atoms with Gasteiger partial charge >= 0.3 is 0 Å². The number of aliphatic hydroxyl groups is 3. The maximum absolute atomic E-state index is 12.8.